The van der Waals surface area contributed by atoms with E-state index in [-0.39, 0.29) is 37.5 Å². The Hall–Kier alpha value is -2.63. The molecular formula is C63H114O6. The number of unbranched alkanes of at least 4 members (excludes halogenated alkanes) is 36. The van der Waals surface area contributed by atoms with E-state index in [0.717, 1.165) is 77.0 Å². The Labute approximate surface area is 428 Å². The molecule has 0 saturated heterocycles. The lowest BCUT2D eigenvalue weighted by molar-refractivity contribution is -0.167. The largest absolute Gasteiger partial charge is 0.462 e. The lowest BCUT2D eigenvalue weighted by atomic mass is 10.0. The standard InChI is InChI=1S/C63H114O6/c1-4-7-10-13-16-19-22-25-28-29-30-31-32-33-36-38-41-44-47-50-53-56-62(65)68-59-60(69-63(66)57-54-51-48-45-42-39-35-27-24-21-18-15-12-9-6-3)58-67-61(64)55-52-49-46-43-40-37-34-26-23-20-17-14-11-8-5-2/h9,12,18,21,27,35,42,45,60H,4-8,10-11,13-17,19-20,22-26,28-34,36-41,43-44,46-59H2,1-3H3/b12-9-,21-18-,35-27-,45-42-/t60-/m0/s1. The normalized spacial score (nSPS) is 12.3. The fraction of sp³-hybridized carbons (Fsp3) is 0.825. The summed E-state index contributed by atoms with van der Waals surface area (Å²) in [5, 5.41) is 0. The molecule has 0 bridgehead atoms. The molecule has 402 valence electrons. The first-order valence-corrected chi connectivity index (χ1v) is 30.1. The minimum atomic E-state index is -0.791. The molecule has 0 aromatic heterocycles. The van der Waals surface area contributed by atoms with Gasteiger partial charge in [-0.15, -0.1) is 0 Å². The highest BCUT2D eigenvalue weighted by Crippen LogP contribution is 2.17. The summed E-state index contributed by atoms with van der Waals surface area (Å²) in [5.41, 5.74) is 0. The van der Waals surface area contributed by atoms with Gasteiger partial charge in [-0.25, -0.2) is 0 Å². The van der Waals surface area contributed by atoms with Crippen LogP contribution in [-0.4, -0.2) is 37.2 Å². The first kappa shape index (κ1) is 66.4. The molecule has 0 aliphatic rings. The van der Waals surface area contributed by atoms with E-state index < -0.39 is 6.10 Å². The summed E-state index contributed by atoms with van der Waals surface area (Å²) in [6.45, 7) is 6.54. The van der Waals surface area contributed by atoms with Gasteiger partial charge < -0.3 is 14.2 Å². The zero-order valence-corrected chi connectivity index (χ0v) is 46.1. The predicted molar refractivity (Wildman–Crippen MR) is 298 cm³/mol. The van der Waals surface area contributed by atoms with E-state index in [2.05, 4.69) is 69.4 Å². The number of ether oxygens (including phenoxy) is 3. The second-order valence-electron chi connectivity index (χ2n) is 20.2. The third-order valence-corrected chi connectivity index (χ3v) is 13.3. The fourth-order valence-corrected chi connectivity index (χ4v) is 8.85. The maximum absolute atomic E-state index is 12.8. The molecule has 0 unspecified atom stereocenters. The monoisotopic (exact) mass is 967 g/mol. The van der Waals surface area contributed by atoms with Gasteiger partial charge in [0.1, 0.15) is 13.2 Å². The van der Waals surface area contributed by atoms with Gasteiger partial charge in [-0.1, -0.05) is 288 Å². The molecule has 0 heterocycles. The molecule has 0 amide bonds. The number of carbonyl (C=O) groups excluding carboxylic acids is 3. The Kier molecular flexibility index (Phi) is 55.7. The number of esters is 3. The third-order valence-electron chi connectivity index (χ3n) is 13.3. The summed E-state index contributed by atoms with van der Waals surface area (Å²) < 4.78 is 16.9. The summed E-state index contributed by atoms with van der Waals surface area (Å²) in [6.07, 6.45) is 71.2. The highest BCUT2D eigenvalue weighted by molar-refractivity contribution is 5.71. The Morgan fingerprint density at radius 1 is 0.304 bits per heavy atom. The molecule has 0 saturated carbocycles. The first-order chi connectivity index (χ1) is 34.0. The van der Waals surface area contributed by atoms with E-state index in [1.54, 1.807) is 0 Å². The first-order valence-electron chi connectivity index (χ1n) is 30.1. The SMILES string of the molecule is CC/C=C\C/C=C\C/C=C\C/C=C\CCCCC(=O)O[C@@H](COC(=O)CCCCCCCCCCCCCCCCC)COC(=O)CCCCCCCCCCCCCCCCCCCCCCC. The number of rotatable bonds is 55. The van der Waals surface area contributed by atoms with Crippen molar-refractivity contribution in [2.75, 3.05) is 13.2 Å². The maximum Gasteiger partial charge on any atom is 0.306 e. The molecule has 0 aromatic rings. The molecule has 0 spiro atoms. The smallest absolute Gasteiger partial charge is 0.306 e. The van der Waals surface area contributed by atoms with Gasteiger partial charge in [0.15, 0.2) is 6.10 Å². The van der Waals surface area contributed by atoms with E-state index in [1.165, 1.54) is 193 Å². The molecule has 0 radical (unpaired) electrons. The van der Waals surface area contributed by atoms with Gasteiger partial charge in [0.25, 0.3) is 0 Å². The fourth-order valence-electron chi connectivity index (χ4n) is 8.85. The third kappa shape index (κ3) is 56.2. The van der Waals surface area contributed by atoms with Crippen LogP contribution in [-0.2, 0) is 28.6 Å². The van der Waals surface area contributed by atoms with Crippen LogP contribution in [0.3, 0.4) is 0 Å². The Morgan fingerprint density at radius 2 is 0.565 bits per heavy atom. The minimum absolute atomic E-state index is 0.0853. The zero-order valence-electron chi connectivity index (χ0n) is 46.1. The van der Waals surface area contributed by atoms with Crippen LogP contribution in [0.4, 0.5) is 0 Å². The second kappa shape index (κ2) is 57.9. The Bertz CT molecular complexity index is 1200. The van der Waals surface area contributed by atoms with Crippen molar-refractivity contribution in [1.82, 2.24) is 0 Å². The average Bonchev–Trinajstić information content (AvgIpc) is 3.35. The molecule has 0 fully saturated rings. The molecule has 0 rings (SSSR count). The Morgan fingerprint density at radius 3 is 0.884 bits per heavy atom. The highest BCUT2D eigenvalue weighted by Gasteiger charge is 2.19. The number of carbonyl (C=O) groups is 3. The number of allylic oxidation sites excluding steroid dienone is 8. The van der Waals surface area contributed by atoms with Crippen molar-refractivity contribution in [3.63, 3.8) is 0 Å². The van der Waals surface area contributed by atoms with Crippen molar-refractivity contribution in [3.05, 3.63) is 48.6 Å². The zero-order chi connectivity index (χ0) is 50.0. The number of hydrogen-bond donors (Lipinski definition) is 0. The van der Waals surface area contributed by atoms with Crippen molar-refractivity contribution < 1.29 is 28.6 Å². The van der Waals surface area contributed by atoms with Crippen molar-refractivity contribution in [1.29, 1.82) is 0 Å². The molecular weight excluding hydrogens is 853 g/mol. The van der Waals surface area contributed by atoms with Gasteiger partial charge in [-0.3, -0.25) is 14.4 Å². The van der Waals surface area contributed by atoms with Gasteiger partial charge in [-0.05, 0) is 57.8 Å². The van der Waals surface area contributed by atoms with E-state index >= 15 is 0 Å². The van der Waals surface area contributed by atoms with Gasteiger partial charge in [-0.2, -0.15) is 0 Å². The summed E-state index contributed by atoms with van der Waals surface area (Å²) in [5.74, 6) is -0.908. The van der Waals surface area contributed by atoms with Gasteiger partial charge >= 0.3 is 17.9 Å². The van der Waals surface area contributed by atoms with Crippen molar-refractivity contribution in [3.8, 4) is 0 Å². The maximum atomic E-state index is 12.8. The van der Waals surface area contributed by atoms with Crippen LogP contribution in [0, 0.1) is 0 Å². The van der Waals surface area contributed by atoms with Crippen LogP contribution >= 0.6 is 0 Å². The molecule has 6 heteroatoms. The van der Waals surface area contributed by atoms with Crippen LogP contribution in [0.15, 0.2) is 48.6 Å². The summed E-state index contributed by atoms with van der Waals surface area (Å²) in [7, 11) is 0. The molecule has 69 heavy (non-hydrogen) atoms. The van der Waals surface area contributed by atoms with E-state index in [1.807, 2.05) is 0 Å². The molecule has 0 N–H and O–H groups in total. The van der Waals surface area contributed by atoms with Crippen molar-refractivity contribution in [2.45, 2.75) is 322 Å². The van der Waals surface area contributed by atoms with E-state index in [4.69, 9.17) is 14.2 Å². The minimum Gasteiger partial charge on any atom is -0.462 e. The molecule has 0 aliphatic heterocycles. The molecule has 6 nitrogen and oxygen atoms in total. The molecule has 1 atom stereocenters. The van der Waals surface area contributed by atoms with Crippen LogP contribution in [0.2, 0.25) is 0 Å². The van der Waals surface area contributed by atoms with E-state index in [0.29, 0.717) is 19.3 Å². The summed E-state index contributed by atoms with van der Waals surface area (Å²) >= 11 is 0. The van der Waals surface area contributed by atoms with Crippen LogP contribution in [0.5, 0.6) is 0 Å². The molecule has 0 aromatic carbocycles. The predicted octanol–water partition coefficient (Wildman–Crippen LogP) is 20.2. The topological polar surface area (TPSA) is 78.9 Å². The van der Waals surface area contributed by atoms with Crippen LogP contribution in [0.25, 0.3) is 0 Å². The summed E-state index contributed by atoms with van der Waals surface area (Å²) in [4.78, 5) is 38.2. The van der Waals surface area contributed by atoms with Crippen molar-refractivity contribution in [2.24, 2.45) is 0 Å². The van der Waals surface area contributed by atoms with Crippen molar-refractivity contribution >= 4 is 17.9 Å². The average molecular weight is 968 g/mol. The van der Waals surface area contributed by atoms with Gasteiger partial charge in [0.2, 0.25) is 0 Å². The van der Waals surface area contributed by atoms with Gasteiger partial charge in [0.05, 0.1) is 0 Å². The quantitative estimate of drug-likeness (QED) is 0.0262. The number of hydrogen-bond acceptors (Lipinski definition) is 6. The van der Waals surface area contributed by atoms with E-state index in [9.17, 15) is 14.4 Å². The summed E-state index contributed by atoms with van der Waals surface area (Å²) in [6, 6.07) is 0. The second-order valence-corrected chi connectivity index (χ2v) is 20.2. The van der Waals surface area contributed by atoms with Crippen LogP contribution < -0.4 is 0 Å². The van der Waals surface area contributed by atoms with Gasteiger partial charge in [0, 0.05) is 19.3 Å². The van der Waals surface area contributed by atoms with Crippen LogP contribution in [0.1, 0.15) is 316 Å². The lowest BCUT2D eigenvalue weighted by Crippen LogP contribution is -2.30. The highest BCUT2D eigenvalue weighted by atomic mass is 16.6. The Balaban J connectivity index is 4.33. The lowest BCUT2D eigenvalue weighted by Gasteiger charge is -2.18. The molecule has 0 aliphatic carbocycles.